The first-order valence-corrected chi connectivity index (χ1v) is 12.8. The van der Waals surface area contributed by atoms with Crippen LogP contribution in [0.4, 0.5) is 33.9 Å². The summed E-state index contributed by atoms with van der Waals surface area (Å²) >= 11 is 0. The van der Waals surface area contributed by atoms with E-state index < -0.39 is 30.1 Å². The molecule has 10 nitrogen and oxygen atoms in total. The minimum atomic E-state index is -3.16. The predicted molar refractivity (Wildman–Crippen MR) is 146 cm³/mol. The average molecular weight is 596 g/mol. The number of hydrogen-bond donors (Lipinski definition) is 2. The van der Waals surface area contributed by atoms with E-state index in [-0.39, 0.29) is 58.9 Å². The summed E-state index contributed by atoms with van der Waals surface area (Å²) in [5.74, 6) is -2.51. The van der Waals surface area contributed by atoms with Gasteiger partial charge in [-0.25, -0.2) is 18.3 Å². The highest BCUT2D eigenvalue weighted by atomic mass is 19.3. The molecule has 6 rings (SSSR count). The van der Waals surface area contributed by atoms with Gasteiger partial charge in [-0.1, -0.05) is 12.1 Å². The summed E-state index contributed by atoms with van der Waals surface area (Å²) in [5.41, 5.74) is 6.88. The van der Waals surface area contributed by atoms with E-state index in [9.17, 15) is 22.8 Å². The second-order valence-electron chi connectivity index (χ2n) is 9.52. The fraction of sp³-hybridized carbons (Fsp3) is 0.138. The summed E-state index contributed by atoms with van der Waals surface area (Å²) in [4.78, 5) is 29.6. The van der Waals surface area contributed by atoms with Crippen molar-refractivity contribution in [1.29, 1.82) is 0 Å². The lowest BCUT2D eigenvalue weighted by molar-refractivity contribution is -0.0494. The number of nitrogens with two attached hydrogens (primary N) is 1. The van der Waals surface area contributed by atoms with Crippen LogP contribution in [0.3, 0.4) is 0 Å². The van der Waals surface area contributed by atoms with Gasteiger partial charge in [0.15, 0.2) is 23.1 Å². The lowest BCUT2D eigenvalue weighted by Gasteiger charge is -2.17. The van der Waals surface area contributed by atoms with Crippen molar-refractivity contribution in [2.45, 2.75) is 13.5 Å². The van der Waals surface area contributed by atoms with Gasteiger partial charge >= 0.3 is 12.7 Å². The number of nitrogens with zero attached hydrogens (tertiary/aromatic N) is 3. The van der Waals surface area contributed by atoms with Gasteiger partial charge in [0.05, 0.1) is 29.7 Å². The summed E-state index contributed by atoms with van der Waals surface area (Å²) in [6, 6.07) is 12.3. The Morgan fingerprint density at radius 2 is 1.88 bits per heavy atom. The van der Waals surface area contributed by atoms with Crippen LogP contribution in [-0.2, 0) is 4.74 Å². The third-order valence-corrected chi connectivity index (χ3v) is 6.77. The molecule has 0 saturated carbocycles. The van der Waals surface area contributed by atoms with Crippen LogP contribution in [0.25, 0.3) is 16.6 Å². The molecule has 0 aliphatic carbocycles. The van der Waals surface area contributed by atoms with Crippen LogP contribution < -0.4 is 20.1 Å². The molecule has 0 bridgehead atoms. The van der Waals surface area contributed by atoms with Crippen molar-refractivity contribution in [1.82, 2.24) is 14.8 Å². The van der Waals surface area contributed by atoms with Gasteiger partial charge in [0.25, 0.3) is 0 Å². The van der Waals surface area contributed by atoms with E-state index in [0.717, 1.165) is 15.6 Å². The molecule has 0 radical (unpaired) electrons. The average Bonchev–Trinajstić information content (AvgIpc) is 3.67. The number of H-pyrrole nitrogens is 1. The molecule has 3 heterocycles. The van der Waals surface area contributed by atoms with Gasteiger partial charge in [0.1, 0.15) is 23.9 Å². The number of aromatic nitrogens is 3. The van der Waals surface area contributed by atoms with E-state index in [0.29, 0.717) is 16.5 Å². The molecule has 1 aliphatic heterocycles. The van der Waals surface area contributed by atoms with E-state index in [1.54, 1.807) is 13.0 Å². The SMILES string of the molecule is Cc1cc(Oc2ccccc2F)cc(F)c1-n1ncc(C(=O)c2cc3cc(OC(F)F)c(N4CCOC4=O)cc3[nH]2)c1N. The number of fused-ring (bicyclic) bond motifs is 1. The number of carbonyl (C=O) groups is 2. The highest BCUT2D eigenvalue weighted by Crippen LogP contribution is 2.37. The molecular weight excluding hydrogens is 574 g/mol. The highest BCUT2D eigenvalue weighted by molar-refractivity contribution is 6.13. The van der Waals surface area contributed by atoms with Crippen LogP contribution >= 0.6 is 0 Å². The predicted octanol–water partition coefficient (Wildman–Crippen LogP) is 6.10. The van der Waals surface area contributed by atoms with Gasteiger partial charge in [-0.2, -0.15) is 13.9 Å². The number of rotatable bonds is 8. The van der Waals surface area contributed by atoms with Gasteiger partial charge < -0.3 is 24.9 Å². The third kappa shape index (κ3) is 5.07. The molecule has 5 aromatic rings. The van der Waals surface area contributed by atoms with Crippen molar-refractivity contribution in [2.24, 2.45) is 0 Å². The number of nitrogen functional groups attached to an aromatic ring is 1. The number of carbonyl (C=O) groups excluding carboxylic acids is 2. The minimum absolute atomic E-state index is 0.0243. The van der Waals surface area contributed by atoms with Gasteiger partial charge in [-0.05, 0) is 48.9 Å². The maximum absolute atomic E-state index is 15.3. The molecule has 14 heteroatoms. The number of nitrogens with one attached hydrogen (secondary N) is 1. The molecule has 1 amide bonds. The van der Waals surface area contributed by atoms with Crippen LogP contribution in [0.2, 0.25) is 0 Å². The first-order chi connectivity index (χ1) is 20.6. The van der Waals surface area contributed by atoms with E-state index >= 15 is 4.39 Å². The standard InChI is InChI=1S/C29H21F4N5O5/c1-14-8-16(42-23-5-3-2-4-18(23)30)11-19(31)25(14)38-27(34)17(13-35-38)26(39)21-9-15-10-24(43-28(32)33)22(12-20(15)36-21)37-6-7-41-29(37)40/h2-5,8-13,28,36H,6-7,34H2,1H3. The van der Waals surface area contributed by atoms with E-state index in [1.807, 2.05) is 0 Å². The van der Waals surface area contributed by atoms with Crippen molar-refractivity contribution in [3.63, 3.8) is 0 Å². The zero-order valence-electron chi connectivity index (χ0n) is 22.2. The lowest BCUT2D eigenvalue weighted by Crippen LogP contribution is -2.24. The van der Waals surface area contributed by atoms with E-state index in [2.05, 4.69) is 14.8 Å². The molecule has 43 heavy (non-hydrogen) atoms. The second kappa shape index (κ2) is 10.7. The van der Waals surface area contributed by atoms with Crippen molar-refractivity contribution in [3.8, 4) is 22.9 Å². The quantitative estimate of drug-likeness (QED) is 0.164. The maximum atomic E-state index is 15.3. The van der Waals surface area contributed by atoms with Crippen molar-refractivity contribution < 1.29 is 41.4 Å². The topological polar surface area (TPSA) is 125 Å². The van der Waals surface area contributed by atoms with Gasteiger partial charge in [-0.15, -0.1) is 0 Å². The molecule has 0 spiro atoms. The smallest absolute Gasteiger partial charge is 0.414 e. The Bertz CT molecular complexity index is 1880. The normalized spacial score (nSPS) is 13.2. The number of aromatic amines is 1. The Labute approximate surface area is 240 Å². The number of halogens is 4. The summed E-state index contributed by atoms with van der Waals surface area (Å²) in [6.07, 6.45) is 0.443. The number of alkyl halides is 2. The zero-order valence-corrected chi connectivity index (χ0v) is 22.2. The van der Waals surface area contributed by atoms with Gasteiger partial charge in [-0.3, -0.25) is 9.69 Å². The number of para-hydroxylation sites is 1. The molecule has 0 atom stereocenters. The van der Waals surface area contributed by atoms with Gasteiger partial charge in [0, 0.05) is 17.0 Å². The van der Waals surface area contributed by atoms with Crippen molar-refractivity contribution in [3.05, 3.63) is 89.2 Å². The lowest BCUT2D eigenvalue weighted by atomic mass is 10.1. The molecule has 1 saturated heterocycles. The highest BCUT2D eigenvalue weighted by Gasteiger charge is 2.29. The van der Waals surface area contributed by atoms with E-state index in [1.165, 1.54) is 48.7 Å². The first-order valence-electron chi connectivity index (χ1n) is 12.8. The maximum Gasteiger partial charge on any atom is 0.414 e. The van der Waals surface area contributed by atoms with Crippen LogP contribution in [-0.4, -0.2) is 46.4 Å². The minimum Gasteiger partial charge on any atom is -0.454 e. The molecule has 3 N–H and O–H groups in total. The Morgan fingerprint density at radius 1 is 1.09 bits per heavy atom. The number of benzene rings is 3. The fourth-order valence-electron chi connectivity index (χ4n) is 4.83. The largest absolute Gasteiger partial charge is 0.454 e. The summed E-state index contributed by atoms with van der Waals surface area (Å²) in [7, 11) is 0. The van der Waals surface area contributed by atoms with E-state index in [4.69, 9.17) is 15.2 Å². The Morgan fingerprint density at radius 3 is 2.58 bits per heavy atom. The summed E-state index contributed by atoms with van der Waals surface area (Å²) in [6.45, 7) is -1.40. The molecule has 220 valence electrons. The third-order valence-electron chi connectivity index (χ3n) is 6.77. The number of cyclic esters (lactones) is 1. The number of aryl methyl sites for hydroxylation is 1. The summed E-state index contributed by atoms with van der Waals surface area (Å²) < 4.78 is 71.6. The Balaban J connectivity index is 1.32. The summed E-state index contributed by atoms with van der Waals surface area (Å²) in [5, 5.41) is 4.45. The van der Waals surface area contributed by atoms with Crippen LogP contribution in [0.15, 0.2) is 60.8 Å². The molecule has 2 aromatic heterocycles. The molecule has 1 aliphatic rings. The Kier molecular flexibility index (Phi) is 6.88. The number of ketones is 1. The first kappa shape index (κ1) is 27.6. The monoisotopic (exact) mass is 595 g/mol. The van der Waals surface area contributed by atoms with Crippen molar-refractivity contribution >= 4 is 34.3 Å². The zero-order chi connectivity index (χ0) is 30.4. The number of hydrogen-bond acceptors (Lipinski definition) is 7. The molecule has 1 fully saturated rings. The molecular formula is C29H21F4N5O5. The second-order valence-corrected chi connectivity index (χ2v) is 9.52. The fourth-order valence-corrected chi connectivity index (χ4v) is 4.83. The molecule has 3 aromatic carbocycles. The number of amides is 1. The Hall–Kier alpha value is -5.53. The van der Waals surface area contributed by atoms with Crippen LogP contribution in [0.1, 0.15) is 21.6 Å². The number of ether oxygens (including phenoxy) is 3. The van der Waals surface area contributed by atoms with Crippen LogP contribution in [0, 0.1) is 18.6 Å². The van der Waals surface area contributed by atoms with Crippen LogP contribution in [0.5, 0.6) is 17.2 Å². The van der Waals surface area contributed by atoms with Gasteiger partial charge in [0.2, 0.25) is 5.78 Å². The van der Waals surface area contributed by atoms with Crippen molar-refractivity contribution in [2.75, 3.05) is 23.8 Å². The molecule has 0 unspecified atom stereocenters. The number of anilines is 2.